The van der Waals surface area contributed by atoms with Gasteiger partial charge in [0.15, 0.2) is 0 Å². The standard InChI is InChI=1S/C30H40N4O5S/c1-6-26-20-34(40(36,37)29-12-10-9-11-28(29)39-26)18-24-17-23(14-13-21(24)4)27(22(5)30(35)38-8-3)16-15-25-19-33(7-2)32-31-25/h9-14,17,19,22,26-27H,6-8,15-16,18,20H2,1-5H3/t22?,26-,27?/m1/s1. The van der Waals surface area contributed by atoms with Gasteiger partial charge in [0.1, 0.15) is 16.7 Å². The van der Waals surface area contributed by atoms with Crippen molar-refractivity contribution in [3.05, 3.63) is 71.0 Å². The van der Waals surface area contributed by atoms with Gasteiger partial charge in [-0.15, -0.1) is 5.10 Å². The smallest absolute Gasteiger partial charge is 0.309 e. The number of rotatable bonds is 11. The van der Waals surface area contributed by atoms with E-state index in [1.807, 2.05) is 52.1 Å². The number of esters is 1. The number of ether oxygens (including phenoxy) is 2. The highest BCUT2D eigenvalue weighted by atomic mass is 32.2. The van der Waals surface area contributed by atoms with E-state index >= 15 is 0 Å². The zero-order chi connectivity index (χ0) is 28.9. The molecule has 1 aliphatic rings. The highest BCUT2D eigenvalue weighted by Crippen LogP contribution is 2.35. The minimum absolute atomic E-state index is 0.140. The van der Waals surface area contributed by atoms with E-state index in [1.165, 1.54) is 4.31 Å². The molecule has 2 unspecified atom stereocenters. The molecule has 1 aromatic heterocycles. The molecule has 9 nitrogen and oxygen atoms in total. The summed E-state index contributed by atoms with van der Waals surface area (Å²) >= 11 is 0. The summed E-state index contributed by atoms with van der Waals surface area (Å²) in [5.41, 5.74) is 3.72. The van der Waals surface area contributed by atoms with Crippen LogP contribution in [0.4, 0.5) is 0 Å². The number of hydrogen-bond donors (Lipinski definition) is 0. The Hall–Kier alpha value is -3.24. The van der Waals surface area contributed by atoms with Gasteiger partial charge in [-0.3, -0.25) is 9.48 Å². The van der Waals surface area contributed by atoms with Crippen LogP contribution in [0.15, 0.2) is 53.6 Å². The van der Waals surface area contributed by atoms with Crippen molar-refractivity contribution >= 4 is 16.0 Å². The molecule has 0 bridgehead atoms. The normalized spacial score (nSPS) is 18.3. The molecule has 3 aromatic rings. The summed E-state index contributed by atoms with van der Waals surface area (Å²) in [6.07, 6.45) is 3.69. The summed E-state index contributed by atoms with van der Waals surface area (Å²) in [7, 11) is -3.78. The molecule has 10 heteroatoms. The lowest BCUT2D eigenvalue weighted by molar-refractivity contribution is -0.148. The van der Waals surface area contributed by atoms with Gasteiger partial charge in [-0.05, 0) is 74.8 Å². The number of nitrogens with zero attached hydrogens (tertiary/aromatic N) is 4. The molecular weight excluding hydrogens is 528 g/mol. The molecule has 0 N–H and O–H groups in total. The van der Waals surface area contributed by atoms with Crippen LogP contribution >= 0.6 is 0 Å². The van der Waals surface area contributed by atoms with E-state index in [1.54, 1.807) is 35.9 Å². The Morgan fingerprint density at radius 3 is 2.65 bits per heavy atom. The van der Waals surface area contributed by atoms with Gasteiger partial charge < -0.3 is 9.47 Å². The third kappa shape index (κ3) is 6.55. The van der Waals surface area contributed by atoms with Crippen molar-refractivity contribution in [2.75, 3.05) is 13.2 Å². The topological polar surface area (TPSA) is 104 Å². The monoisotopic (exact) mass is 568 g/mol. The second-order valence-corrected chi connectivity index (χ2v) is 12.2. The van der Waals surface area contributed by atoms with Gasteiger partial charge in [-0.1, -0.05) is 49.4 Å². The van der Waals surface area contributed by atoms with Crippen LogP contribution in [-0.2, 0) is 39.1 Å². The molecule has 0 amide bonds. The zero-order valence-electron chi connectivity index (χ0n) is 24.0. The van der Waals surface area contributed by atoms with Crippen LogP contribution in [-0.4, -0.2) is 52.9 Å². The number of benzene rings is 2. The van der Waals surface area contributed by atoms with Crippen molar-refractivity contribution in [2.45, 2.75) is 83.9 Å². The quantitative estimate of drug-likeness (QED) is 0.304. The average Bonchev–Trinajstić information content (AvgIpc) is 3.38. The molecule has 0 fully saturated rings. The van der Waals surface area contributed by atoms with Crippen LogP contribution in [0.1, 0.15) is 68.8 Å². The number of para-hydroxylation sites is 1. The Balaban J connectivity index is 1.66. The highest BCUT2D eigenvalue weighted by Gasteiger charge is 2.35. The lowest BCUT2D eigenvalue weighted by Crippen LogP contribution is -2.36. The lowest BCUT2D eigenvalue weighted by atomic mass is 9.82. The minimum atomic E-state index is -3.78. The van der Waals surface area contributed by atoms with Crippen LogP contribution in [0.3, 0.4) is 0 Å². The second kappa shape index (κ2) is 13.0. The Morgan fingerprint density at radius 2 is 1.95 bits per heavy atom. The summed E-state index contributed by atoms with van der Waals surface area (Å²) in [5, 5.41) is 8.41. The first kappa shape index (κ1) is 29.7. The summed E-state index contributed by atoms with van der Waals surface area (Å²) in [6, 6.07) is 12.9. The van der Waals surface area contributed by atoms with Crippen LogP contribution in [0.2, 0.25) is 0 Å². The first-order chi connectivity index (χ1) is 19.2. The van der Waals surface area contributed by atoms with E-state index in [0.717, 1.165) is 28.9 Å². The number of fused-ring (bicyclic) bond motifs is 1. The molecular formula is C30H40N4O5S. The molecule has 1 aliphatic heterocycles. The Bertz CT molecular complexity index is 1420. The predicted octanol–water partition coefficient (Wildman–Crippen LogP) is 4.88. The van der Waals surface area contributed by atoms with Gasteiger partial charge in [0.2, 0.25) is 10.0 Å². The number of sulfonamides is 1. The van der Waals surface area contributed by atoms with Crippen LogP contribution in [0.25, 0.3) is 0 Å². The molecule has 0 radical (unpaired) electrons. The first-order valence-electron chi connectivity index (χ1n) is 14.1. The third-order valence-electron chi connectivity index (χ3n) is 7.65. The van der Waals surface area contributed by atoms with E-state index in [0.29, 0.717) is 31.6 Å². The minimum Gasteiger partial charge on any atom is -0.488 e. The summed E-state index contributed by atoms with van der Waals surface area (Å²) in [4.78, 5) is 13.0. The van der Waals surface area contributed by atoms with Gasteiger partial charge in [-0.25, -0.2) is 8.42 Å². The molecule has 2 heterocycles. The maximum absolute atomic E-state index is 13.7. The van der Waals surface area contributed by atoms with E-state index in [4.69, 9.17) is 9.47 Å². The molecule has 4 rings (SSSR count). The molecule has 3 atom stereocenters. The molecule has 0 spiro atoms. The zero-order valence-corrected chi connectivity index (χ0v) is 24.9. The van der Waals surface area contributed by atoms with Gasteiger partial charge in [0, 0.05) is 19.3 Å². The number of hydrogen-bond acceptors (Lipinski definition) is 7. The van der Waals surface area contributed by atoms with E-state index in [2.05, 4.69) is 10.3 Å². The first-order valence-corrected chi connectivity index (χ1v) is 15.5. The SMILES string of the molecule is CCOC(=O)C(C)C(CCc1cn(CC)nn1)c1ccc(C)c(CN2C[C@@H](CC)Oc3ccccc3S2(=O)=O)c1. The van der Waals surface area contributed by atoms with Crippen LogP contribution < -0.4 is 4.74 Å². The molecule has 0 aliphatic carbocycles. The number of aryl methyl sites for hydroxylation is 3. The number of carbonyl (C=O) groups excluding carboxylic acids is 1. The molecule has 216 valence electrons. The number of aromatic nitrogens is 3. The fraction of sp³-hybridized carbons (Fsp3) is 0.500. The largest absolute Gasteiger partial charge is 0.488 e. The fourth-order valence-electron chi connectivity index (χ4n) is 5.14. The summed E-state index contributed by atoms with van der Waals surface area (Å²) in [6.45, 7) is 11.2. The van der Waals surface area contributed by atoms with Gasteiger partial charge in [0.25, 0.3) is 0 Å². The predicted molar refractivity (Wildman–Crippen MR) is 152 cm³/mol. The van der Waals surface area contributed by atoms with E-state index < -0.39 is 10.0 Å². The van der Waals surface area contributed by atoms with Crippen molar-refractivity contribution in [2.24, 2.45) is 5.92 Å². The van der Waals surface area contributed by atoms with E-state index in [-0.39, 0.29) is 41.9 Å². The van der Waals surface area contributed by atoms with Gasteiger partial charge in [0.05, 0.1) is 24.8 Å². The van der Waals surface area contributed by atoms with Gasteiger partial charge >= 0.3 is 5.97 Å². The maximum Gasteiger partial charge on any atom is 0.309 e. The molecule has 0 saturated heterocycles. The average molecular weight is 569 g/mol. The second-order valence-electron chi connectivity index (χ2n) is 10.3. The van der Waals surface area contributed by atoms with Crippen LogP contribution in [0.5, 0.6) is 5.75 Å². The molecule has 0 saturated carbocycles. The van der Waals surface area contributed by atoms with E-state index in [9.17, 15) is 13.2 Å². The lowest BCUT2D eigenvalue weighted by Gasteiger charge is -2.26. The third-order valence-corrected chi connectivity index (χ3v) is 9.51. The Morgan fingerprint density at radius 1 is 1.18 bits per heavy atom. The van der Waals surface area contributed by atoms with Crippen molar-refractivity contribution in [1.82, 2.24) is 19.3 Å². The highest BCUT2D eigenvalue weighted by molar-refractivity contribution is 7.89. The van der Waals surface area contributed by atoms with Crippen molar-refractivity contribution in [3.63, 3.8) is 0 Å². The van der Waals surface area contributed by atoms with Crippen molar-refractivity contribution < 1.29 is 22.7 Å². The Kier molecular flexibility index (Phi) is 9.63. The van der Waals surface area contributed by atoms with Crippen LogP contribution in [0, 0.1) is 12.8 Å². The summed E-state index contributed by atoms with van der Waals surface area (Å²) < 4.78 is 42.3. The number of carbonyl (C=O) groups is 1. The van der Waals surface area contributed by atoms with Crippen molar-refractivity contribution in [3.8, 4) is 5.75 Å². The Labute approximate surface area is 237 Å². The van der Waals surface area contributed by atoms with Crippen molar-refractivity contribution in [1.29, 1.82) is 0 Å². The summed E-state index contributed by atoms with van der Waals surface area (Å²) in [5.74, 6) is -0.381. The molecule has 2 aromatic carbocycles. The fourth-order valence-corrected chi connectivity index (χ4v) is 6.71. The maximum atomic E-state index is 13.7. The molecule has 40 heavy (non-hydrogen) atoms. The van der Waals surface area contributed by atoms with Gasteiger partial charge in [-0.2, -0.15) is 4.31 Å².